The maximum Gasteiger partial charge on any atom is 0.196 e. The Balaban J connectivity index is 2.04. The Bertz CT molecular complexity index is 495. The number of guanidine groups is 1. The smallest absolute Gasteiger partial charge is 0.196 e. The quantitative estimate of drug-likeness (QED) is 0.762. The van der Waals surface area contributed by atoms with E-state index in [0.29, 0.717) is 5.96 Å². The fourth-order valence-corrected chi connectivity index (χ4v) is 3.18. The molecule has 116 valence electrons. The highest BCUT2D eigenvalue weighted by atomic mass is 15.4. The van der Waals surface area contributed by atoms with Crippen molar-refractivity contribution in [2.45, 2.75) is 64.8 Å². The van der Waals surface area contributed by atoms with Crippen LogP contribution in [-0.2, 0) is 0 Å². The summed E-state index contributed by atoms with van der Waals surface area (Å²) in [5, 5.41) is 0. The third-order valence-corrected chi connectivity index (χ3v) is 4.43. The van der Waals surface area contributed by atoms with E-state index in [1.165, 1.54) is 43.4 Å². The molecule has 2 rings (SSSR count). The van der Waals surface area contributed by atoms with Gasteiger partial charge in [0.25, 0.3) is 0 Å². The standard InChI is InChI=1S/C18H29N3/c1-4-5-6-7-8-12-18(3)14-20-17(19)21(18)16-11-9-10-15(2)13-16/h9-11,13H,4-8,12,14H2,1-3H3,(H2,19,20). The van der Waals surface area contributed by atoms with Crippen molar-refractivity contribution >= 4 is 11.6 Å². The first-order valence-corrected chi connectivity index (χ1v) is 8.23. The summed E-state index contributed by atoms with van der Waals surface area (Å²) in [4.78, 5) is 6.75. The van der Waals surface area contributed by atoms with Crippen molar-refractivity contribution in [3.8, 4) is 0 Å². The summed E-state index contributed by atoms with van der Waals surface area (Å²) in [7, 11) is 0. The Labute approximate surface area is 129 Å². The number of hydrogen-bond acceptors (Lipinski definition) is 3. The number of benzene rings is 1. The monoisotopic (exact) mass is 287 g/mol. The molecule has 2 N–H and O–H groups in total. The maximum absolute atomic E-state index is 6.16. The molecule has 0 saturated heterocycles. The third kappa shape index (κ3) is 3.78. The van der Waals surface area contributed by atoms with Crippen molar-refractivity contribution in [1.29, 1.82) is 0 Å². The van der Waals surface area contributed by atoms with Gasteiger partial charge in [0, 0.05) is 5.69 Å². The second-order valence-corrected chi connectivity index (χ2v) is 6.51. The van der Waals surface area contributed by atoms with Crippen LogP contribution >= 0.6 is 0 Å². The van der Waals surface area contributed by atoms with Crippen molar-refractivity contribution in [1.82, 2.24) is 0 Å². The first-order valence-electron chi connectivity index (χ1n) is 8.23. The first kappa shape index (κ1) is 15.9. The first-order chi connectivity index (χ1) is 10.1. The van der Waals surface area contributed by atoms with Crippen molar-refractivity contribution in [3.05, 3.63) is 29.8 Å². The fourth-order valence-electron chi connectivity index (χ4n) is 3.18. The summed E-state index contributed by atoms with van der Waals surface area (Å²) >= 11 is 0. The van der Waals surface area contributed by atoms with E-state index in [0.717, 1.165) is 13.0 Å². The molecular weight excluding hydrogens is 258 g/mol. The second kappa shape index (κ2) is 6.97. The van der Waals surface area contributed by atoms with E-state index in [-0.39, 0.29) is 5.54 Å². The minimum Gasteiger partial charge on any atom is -0.369 e. The largest absolute Gasteiger partial charge is 0.369 e. The zero-order valence-electron chi connectivity index (χ0n) is 13.7. The highest BCUT2D eigenvalue weighted by Gasteiger charge is 2.38. The molecule has 1 aromatic carbocycles. The summed E-state index contributed by atoms with van der Waals surface area (Å²) in [5.41, 5.74) is 8.63. The molecule has 3 heteroatoms. The molecule has 1 aliphatic heterocycles. The lowest BCUT2D eigenvalue weighted by molar-refractivity contribution is 0.433. The van der Waals surface area contributed by atoms with E-state index in [2.05, 4.69) is 54.9 Å². The van der Waals surface area contributed by atoms with E-state index < -0.39 is 0 Å². The van der Waals surface area contributed by atoms with E-state index >= 15 is 0 Å². The molecule has 3 nitrogen and oxygen atoms in total. The van der Waals surface area contributed by atoms with Gasteiger partial charge >= 0.3 is 0 Å². The number of unbranched alkanes of at least 4 members (excludes halogenated alkanes) is 4. The minimum atomic E-state index is 0.0318. The van der Waals surface area contributed by atoms with Gasteiger partial charge in [0.05, 0.1) is 12.1 Å². The molecule has 0 aliphatic carbocycles. The van der Waals surface area contributed by atoms with Crippen LogP contribution in [-0.4, -0.2) is 18.0 Å². The average Bonchev–Trinajstić information content (AvgIpc) is 2.74. The lowest BCUT2D eigenvalue weighted by Gasteiger charge is -2.36. The van der Waals surface area contributed by atoms with Gasteiger partial charge in [0.2, 0.25) is 0 Å². The van der Waals surface area contributed by atoms with E-state index in [4.69, 9.17) is 5.73 Å². The molecule has 0 bridgehead atoms. The number of aryl methyl sites for hydroxylation is 1. The van der Waals surface area contributed by atoms with Gasteiger partial charge < -0.3 is 10.6 Å². The van der Waals surface area contributed by atoms with Gasteiger partial charge in [-0.1, -0.05) is 51.2 Å². The summed E-state index contributed by atoms with van der Waals surface area (Å²) in [6.45, 7) is 7.47. The fraction of sp³-hybridized carbons (Fsp3) is 0.611. The van der Waals surface area contributed by atoms with Gasteiger partial charge in [-0.05, 0) is 38.0 Å². The molecule has 0 amide bonds. The molecule has 1 aromatic rings. The van der Waals surface area contributed by atoms with Crippen molar-refractivity contribution in [3.63, 3.8) is 0 Å². The van der Waals surface area contributed by atoms with Crippen LogP contribution in [0.3, 0.4) is 0 Å². The highest BCUT2D eigenvalue weighted by molar-refractivity contribution is 5.98. The van der Waals surface area contributed by atoms with Gasteiger partial charge in [-0.3, -0.25) is 4.99 Å². The average molecular weight is 287 g/mol. The van der Waals surface area contributed by atoms with Crippen LogP contribution in [0, 0.1) is 6.92 Å². The molecule has 0 radical (unpaired) electrons. The lowest BCUT2D eigenvalue weighted by atomic mass is 9.92. The van der Waals surface area contributed by atoms with Crippen molar-refractivity contribution in [2.75, 3.05) is 11.4 Å². The van der Waals surface area contributed by atoms with Crippen LogP contribution in [0.15, 0.2) is 29.3 Å². The molecule has 0 saturated carbocycles. The van der Waals surface area contributed by atoms with E-state index in [9.17, 15) is 0 Å². The Morgan fingerprint density at radius 1 is 1.24 bits per heavy atom. The third-order valence-electron chi connectivity index (χ3n) is 4.43. The number of anilines is 1. The predicted octanol–water partition coefficient (Wildman–Crippen LogP) is 4.25. The number of nitrogens with zero attached hydrogens (tertiary/aromatic N) is 2. The maximum atomic E-state index is 6.16. The van der Waals surface area contributed by atoms with Crippen molar-refractivity contribution in [2.24, 2.45) is 10.7 Å². The number of aliphatic imine (C=N–C) groups is 1. The van der Waals surface area contributed by atoms with Gasteiger partial charge in [-0.2, -0.15) is 0 Å². The predicted molar refractivity (Wildman–Crippen MR) is 91.9 cm³/mol. The number of hydrogen-bond donors (Lipinski definition) is 1. The second-order valence-electron chi connectivity index (χ2n) is 6.51. The Morgan fingerprint density at radius 3 is 2.71 bits per heavy atom. The topological polar surface area (TPSA) is 41.6 Å². The van der Waals surface area contributed by atoms with Crippen LogP contribution in [0.2, 0.25) is 0 Å². The molecule has 0 fully saturated rings. The SMILES string of the molecule is CCCCCCCC1(C)CN=C(N)N1c1cccc(C)c1. The molecule has 1 aliphatic rings. The van der Waals surface area contributed by atoms with Gasteiger partial charge in [-0.25, -0.2) is 0 Å². The Kier molecular flexibility index (Phi) is 5.27. The Hall–Kier alpha value is -1.51. The van der Waals surface area contributed by atoms with E-state index in [1.54, 1.807) is 0 Å². The van der Waals surface area contributed by atoms with Crippen molar-refractivity contribution < 1.29 is 0 Å². The van der Waals surface area contributed by atoms with Gasteiger partial charge in [-0.15, -0.1) is 0 Å². The zero-order valence-corrected chi connectivity index (χ0v) is 13.7. The number of rotatable bonds is 7. The van der Waals surface area contributed by atoms with Crippen LogP contribution in [0.5, 0.6) is 0 Å². The summed E-state index contributed by atoms with van der Waals surface area (Å²) in [6, 6.07) is 8.55. The molecule has 0 aromatic heterocycles. The number of nitrogens with two attached hydrogens (primary N) is 1. The minimum absolute atomic E-state index is 0.0318. The lowest BCUT2D eigenvalue weighted by Crippen LogP contribution is -2.50. The van der Waals surface area contributed by atoms with Crippen LogP contribution in [0.1, 0.15) is 57.9 Å². The highest BCUT2D eigenvalue weighted by Crippen LogP contribution is 2.33. The van der Waals surface area contributed by atoms with Gasteiger partial charge in [0.1, 0.15) is 0 Å². The van der Waals surface area contributed by atoms with Gasteiger partial charge in [0.15, 0.2) is 5.96 Å². The normalized spacial score (nSPS) is 21.7. The Morgan fingerprint density at radius 2 is 2.00 bits per heavy atom. The molecule has 21 heavy (non-hydrogen) atoms. The molecule has 0 spiro atoms. The molecule has 1 atom stereocenters. The van der Waals surface area contributed by atoms with E-state index in [1.807, 2.05) is 0 Å². The summed E-state index contributed by atoms with van der Waals surface area (Å²) in [6.07, 6.45) is 7.69. The molecular formula is C18H29N3. The molecule has 1 unspecified atom stereocenters. The zero-order chi connectivity index (χ0) is 15.3. The molecule has 1 heterocycles. The van der Waals surface area contributed by atoms with Crippen LogP contribution < -0.4 is 10.6 Å². The summed E-state index contributed by atoms with van der Waals surface area (Å²) in [5.74, 6) is 0.664. The van der Waals surface area contributed by atoms with Crippen LogP contribution in [0.25, 0.3) is 0 Å². The summed E-state index contributed by atoms with van der Waals surface area (Å²) < 4.78 is 0. The van der Waals surface area contributed by atoms with Crippen LogP contribution in [0.4, 0.5) is 5.69 Å².